The van der Waals surface area contributed by atoms with Crippen LogP contribution in [0.2, 0.25) is 0 Å². The zero-order valence-corrected chi connectivity index (χ0v) is 18.6. The summed E-state index contributed by atoms with van der Waals surface area (Å²) < 4.78 is 26.5. The molecule has 0 saturated carbocycles. The lowest BCUT2D eigenvalue weighted by Crippen LogP contribution is -2.49. The van der Waals surface area contributed by atoms with Crippen LogP contribution in [0.4, 0.5) is 0 Å². The fourth-order valence-corrected chi connectivity index (χ4v) is 5.88. The summed E-state index contributed by atoms with van der Waals surface area (Å²) in [6, 6.07) is 11.2. The molecule has 0 bridgehead atoms. The summed E-state index contributed by atoms with van der Waals surface area (Å²) >= 11 is 0. The monoisotopic (exact) mass is 385 g/mol. The minimum absolute atomic E-state index is 0.158. The zero-order valence-electron chi connectivity index (χ0n) is 21.6. The van der Waals surface area contributed by atoms with Gasteiger partial charge < -0.3 is 0 Å². The molecule has 3 aromatic rings. The van der Waals surface area contributed by atoms with Crippen LogP contribution in [-0.2, 0) is 24.3 Å². The summed E-state index contributed by atoms with van der Waals surface area (Å²) in [5.74, 6) is 0. The average molecular weight is 386 g/mol. The third-order valence-corrected chi connectivity index (χ3v) is 8.12. The predicted octanol–water partition coefficient (Wildman–Crippen LogP) is 6.24. The Balaban J connectivity index is 1.95. The Morgan fingerprint density at radius 3 is 2.38 bits per heavy atom. The second kappa shape index (κ2) is 5.59. The van der Waals surface area contributed by atoms with Crippen molar-refractivity contribution in [2.45, 2.75) is 65.6 Å². The molecule has 1 heteroatoms. The van der Waals surface area contributed by atoms with E-state index >= 15 is 0 Å². The van der Waals surface area contributed by atoms with Crippen molar-refractivity contribution in [3.05, 3.63) is 75.5 Å². The van der Waals surface area contributed by atoms with Gasteiger partial charge in [-0.15, -0.1) is 0 Å². The van der Waals surface area contributed by atoms with Gasteiger partial charge in [-0.2, -0.15) is 0 Å². The first-order valence-electron chi connectivity index (χ1n) is 12.1. The van der Waals surface area contributed by atoms with Gasteiger partial charge in [-0.1, -0.05) is 58.0 Å². The number of hydrogen-bond acceptors (Lipinski definition) is 0. The van der Waals surface area contributed by atoms with Gasteiger partial charge in [-0.25, -0.2) is 4.57 Å². The minimum atomic E-state index is -2.14. The molecule has 2 aliphatic rings. The SMILES string of the molecule is [2H]C([2H])([2H])c1c[n+](C)c2c(c1C)C(C)(C)C(C)(C)c1cc3c(c(C)c1-2)-c1ccccc1C3. The summed E-state index contributed by atoms with van der Waals surface area (Å²) in [6.45, 7) is 11.3. The van der Waals surface area contributed by atoms with Gasteiger partial charge in [0.25, 0.3) is 0 Å². The number of rotatable bonds is 0. The van der Waals surface area contributed by atoms with E-state index in [-0.39, 0.29) is 10.8 Å². The molecule has 1 nitrogen and oxygen atoms in total. The fraction of sp³-hybridized carbons (Fsp3) is 0.393. The van der Waals surface area contributed by atoms with Crippen molar-refractivity contribution in [1.29, 1.82) is 0 Å². The molecule has 148 valence electrons. The molecule has 0 saturated heterocycles. The van der Waals surface area contributed by atoms with Crippen LogP contribution < -0.4 is 4.57 Å². The first kappa shape index (κ1) is 15.4. The van der Waals surface area contributed by atoms with Crippen LogP contribution in [-0.4, -0.2) is 0 Å². The van der Waals surface area contributed by atoms with E-state index in [9.17, 15) is 0 Å². The molecule has 0 spiro atoms. The van der Waals surface area contributed by atoms with Gasteiger partial charge in [0.1, 0.15) is 7.05 Å². The van der Waals surface area contributed by atoms with Crippen molar-refractivity contribution in [3.8, 4) is 22.4 Å². The Kier molecular flexibility index (Phi) is 2.98. The molecule has 5 rings (SSSR count). The molecular weight excluding hydrogens is 350 g/mol. The minimum Gasteiger partial charge on any atom is -0.200 e. The number of aryl methyl sites for hydroxylation is 2. The fourth-order valence-electron chi connectivity index (χ4n) is 5.88. The van der Waals surface area contributed by atoms with Gasteiger partial charge in [0.05, 0.1) is 5.56 Å². The van der Waals surface area contributed by atoms with Crippen molar-refractivity contribution in [2.24, 2.45) is 7.05 Å². The van der Waals surface area contributed by atoms with E-state index in [4.69, 9.17) is 4.11 Å². The summed E-state index contributed by atoms with van der Waals surface area (Å²) in [5, 5.41) is 0. The van der Waals surface area contributed by atoms with Crippen molar-refractivity contribution < 1.29 is 8.68 Å². The highest BCUT2D eigenvalue weighted by atomic mass is 14.9. The third kappa shape index (κ3) is 2.14. The van der Waals surface area contributed by atoms with Gasteiger partial charge in [0.2, 0.25) is 5.69 Å². The molecule has 0 aliphatic heterocycles. The Labute approximate surface area is 179 Å². The molecule has 2 aliphatic carbocycles. The molecule has 29 heavy (non-hydrogen) atoms. The standard InChI is InChI=1S/C28H32N/c1-16-15-29(8)26-24-18(3)23-20(13-19-11-9-10-12-21(19)23)14-22(24)27(4,5)28(6,7)25(26)17(16)2/h9-12,14-15H,13H2,1-8H3/q+1/i1D3. The molecule has 0 unspecified atom stereocenters. The maximum Gasteiger partial charge on any atom is 0.216 e. The first-order chi connectivity index (χ1) is 14.8. The van der Waals surface area contributed by atoms with E-state index in [1.165, 1.54) is 50.2 Å². The molecule has 0 N–H and O–H groups in total. The predicted molar refractivity (Wildman–Crippen MR) is 122 cm³/mol. The number of hydrogen-bond donors (Lipinski definition) is 0. The van der Waals surface area contributed by atoms with E-state index in [0.29, 0.717) is 5.56 Å². The quantitative estimate of drug-likeness (QED) is 0.315. The van der Waals surface area contributed by atoms with Crippen molar-refractivity contribution in [3.63, 3.8) is 0 Å². The second-order valence-corrected chi connectivity index (χ2v) is 10.0. The topological polar surface area (TPSA) is 3.88 Å². The average Bonchev–Trinajstić information content (AvgIpc) is 3.06. The molecule has 0 amide bonds. The van der Waals surface area contributed by atoms with Crippen LogP contribution in [0.1, 0.15) is 70.8 Å². The summed E-state index contributed by atoms with van der Waals surface area (Å²) in [6.07, 6.45) is 2.81. The van der Waals surface area contributed by atoms with E-state index < -0.39 is 6.85 Å². The molecule has 0 radical (unpaired) electrons. The van der Waals surface area contributed by atoms with E-state index in [2.05, 4.69) is 69.5 Å². The van der Waals surface area contributed by atoms with Gasteiger partial charge in [0.15, 0.2) is 6.20 Å². The molecule has 0 fully saturated rings. The molecule has 2 aromatic carbocycles. The lowest BCUT2D eigenvalue weighted by atomic mass is 9.54. The van der Waals surface area contributed by atoms with Crippen LogP contribution in [0, 0.1) is 20.7 Å². The highest BCUT2D eigenvalue weighted by Gasteiger charge is 2.51. The van der Waals surface area contributed by atoms with Gasteiger partial charge >= 0.3 is 0 Å². The van der Waals surface area contributed by atoms with E-state index in [0.717, 1.165) is 12.0 Å². The number of aromatic nitrogens is 1. The maximum absolute atomic E-state index is 8.14. The molecule has 0 atom stereocenters. The van der Waals surface area contributed by atoms with Gasteiger partial charge in [-0.3, -0.25) is 0 Å². The Hall–Kier alpha value is -2.41. The van der Waals surface area contributed by atoms with Crippen molar-refractivity contribution >= 4 is 0 Å². The molecular formula is C28H32N+. The summed E-state index contributed by atoms with van der Waals surface area (Å²) in [4.78, 5) is 0. The number of benzene rings is 2. The van der Waals surface area contributed by atoms with Crippen LogP contribution in [0.15, 0.2) is 36.5 Å². The smallest absolute Gasteiger partial charge is 0.200 e. The lowest BCUT2D eigenvalue weighted by molar-refractivity contribution is -0.661. The second-order valence-electron chi connectivity index (χ2n) is 10.0. The highest BCUT2D eigenvalue weighted by Crippen LogP contribution is 2.57. The first-order valence-corrected chi connectivity index (χ1v) is 10.6. The van der Waals surface area contributed by atoms with Gasteiger partial charge in [0, 0.05) is 20.7 Å². The number of nitrogens with zero attached hydrogens (tertiary/aromatic N) is 1. The van der Waals surface area contributed by atoms with Crippen LogP contribution in [0.25, 0.3) is 22.4 Å². The van der Waals surface area contributed by atoms with Crippen LogP contribution >= 0.6 is 0 Å². The van der Waals surface area contributed by atoms with Gasteiger partial charge in [-0.05, 0) is 71.5 Å². The third-order valence-electron chi connectivity index (χ3n) is 8.12. The van der Waals surface area contributed by atoms with Crippen LogP contribution in [0.3, 0.4) is 0 Å². The lowest BCUT2D eigenvalue weighted by Gasteiger charge is -2.48. The van der Waals surface area contributed by atoms with E-state index in [1.54, 1.807) is 0 Å². The normalized spacial score (nSPS) is 19.3. The summed E-state index contributed by atoms with van der Waals surface area (Å²) in [7, 11) is 2.01. The highest BCUT2D eigenvalue weighted by molar-refractivity contribution is 5.88. The number of fused-ring (bicyclic) bond motifs is 6. The van der Waals surface area contributed by atoms with E-state index in [1.807, 2.05) is 20.2 Å². The molecule has 1 aromatic heterocycles. The Morgan fingerprint density at radius 1 is 0.931 bits per heavy atom. The Morgan fingerprint density at radius 2 is 1.66 bits per heavy atom. The van der Waals surface area contributed by atoms with Crippen LogP contribution in [0.5, 0.6) is 0 Å². The van der Waals surface area contributed by atoms with Crippen molar-refractivity contribution in [2.75, 3.05) is 0 Å². The van der Waals surface area contributed by atoms with Crippen molar-refractivity contribution in [1.82, 2.24) is 0 Å². The zero-order chi connectivity index (χ0) is 23.4. The largest absolute Gasteiger partial charge is 0.216 e. The summed E-state index contributed by atoms with van der Waals surface area (Å²) in [5.41, 5.74) is 12.8. The Bertz CT molecular complexity index is 1310. The maximum atomic E-state index is 8.14. The molecule has 1 heterocycles. The number of pyridine rings is 1.